The average molecular weight is 1360 g/mol. The minimum absolute atomic E-state index is 0.00287. The fourth-order valence-corrected chi connectivity index (χ4v) is 9.62. The van der Waals surface area contributed by atoms with Gasteiger partial charge in [-0.15, -0.1) is 0 Å². The molecule has 0 unspecified atom stereocenters. The standard InChI is InChI=1S/C66H105N3O24S/c1-7-17-77-25-29-83-35-39-87-48-57(49-88-40-36-84-30-26-78-18-8-2)91-55-10-12-61-59(46-55)63(66(71)93-64-52(3)44-54(45-53(64)4)65(70)68-15-20-80-28-27-79-19-14-67)60-47-56(11-13-62(60)69(61)16-9-43-94(72,73)74)92-58(50-89-41-37-85-33-31-81-23-21-75-5)51-90-42-38-86-34-32-82-24-22-76-6/h10-13,44-47,57-58H,7-9,14-43,48-51,67H2,1-6H3,(H-,68,70,72,73,74)/p+1. The van der Waals surface area contributed by atoms with Crippen LogP contribution in [-0.4, -0.2) is 268 Å². The first-order chi connectivity index (χ1) is 45.8. The summed E-state index contributed by atoms with van der Waals surface area (Å²) in [4.78, 5) is 29.0. The lowest BCUT2D eigenvalue weighted by Gasteiger charge is -2.21. The third kappa shape index (κ3) is 34.9. The Balaban J connectivity index is 1.79. The summed E-state index contributed by atoms with van der Waals surface area (Å²) in [5.41, 5.74) is 7.93. The van der Waals surface area contributed by atoms with Gasteiger partial charge in [-0.1, -0.05) is 13.8 Å². The highest BCUT2D eigenvalue weighted by atomic mass is 32.2. The monoisotopic (exact) mass is 1360 g/mol. The van der Waals surface area contributed by atoms with Gasteiger partial charge >= 0.3 is 5.97 Å². The van der Waals surface area contributed by atoms with Crippen molar-refractivity contribution >= 4 is 43.8 Å². The molecular formula is C66H106N3O24S+. The molecule has 0 fully saturated rings. The average Bonchev–Trinajstić information content (AvgIpc) is 0.742. The van der Waals surface area contributed by atoms with Crippen LogP contribution in [0.2, 0.25) is 0 Å². The summed E-state index contributed by atoms with van der Waals surface area (Å²) < 4.78 is 146. The Hall–Kier alpha value is -4.90. The number of nitrogens with zero attached hydrogens (tertiary/aromatic N) is 1. The van der Waals surface area contributed by atoms with Crippen molar-refractivity contribution in [1.82, 2.24) is 5.32 Å². The highest BCUT2D eigenvalue weighted by Gasteiger charge is 2.29. The van der Waals surface area contributed by atoms with E-state index in [0.717, 1.165) is 12.8 Å². The van der Waals surface area contributed by atoms with E-state index in [9.17, 15) is 17.8 Å². The molecule has 4 aromatic rings. The molecule has 0 aliphatic rings. The smallest absolute Gasteiger partial charge is 0.345 e. The lowest BCUT2D eigenvalue weighted by atomic mass is 10.0. The largest absolute Gasteiger partial charge is 0.486 e. The lowest BCUT2D eigenvalue weighted by Crippen LogP contribution is -2.37. The first-order valence-corrected chi connectivity index (χ1v) is 34.0. The van der Waals surface area contributed by atoms with E-state index in [1.54, 1.807) is 76.6 Å². The maximum atomic E-state index is 15.5. The van der Waals surface area contributed by atoms with Gasteiger partial charge in [0.15, 0.2) is 6.54 Å². The quantitative estimate of drug-likeness (QED) is 0.0132. The van der Waals surface area contributed by atoms with Crippen molar-refractivity contribution in [1.29, 1.82) is 0 Å². The second-order valence-electron chi connectivity index (χ2n) is 21.3. The van der Waals surface area contributed by atoms with E-state index in [2.05, 4.69) is 5.32 Å². The number of nitrogens with one attached hydrogen (secondary N) is 1. The molecule has 0 spiro atoms. The molecule has 0 aliphatic carbocycles. The van der Waals surface area contributed by atoms with Crippen molar-refractivity contribution < 1.29 is 117 Å². The molecule has 0 atom stereocenters. The number of carbonyl (C=O) groups is 2. The van der Waals surface area contributed by atoms with Gasteiger partial charge < -0.3 is 101 Å². The molecule has 27 nitrogen and oxygen atoms in total. The summed E-state index contributed by atoms with van der Waals surface area (Å²) in [6, 6.07) is 13.7. The Kier molecular flexibility index (Phi) is 44.5. The lowest BCUT2D eigenvalue weighted by molar-refractivity contribution is -0.645. The molecule has 534 valence electrons. The van der Waals surface area contributed by atoms with Gasteiger partial charge in [0.25, 0.3) is 16.0 Å². The van der Waals surface area contributed by atoms with E-state index in [0.29, 0.717) is 182 Å². The van der Waals surface area contributed by atoms with Gasteiger partial charge in [-0.3, -0.25) is 9.35 Å². The number of benzene rings is 3. The summed E-state index contributed by atoms with van der Waals surface area (Å²) in [5.74, 6) is -0.795. The van der Waals surface area contributed by atoms with Crippen LogP contribution < -0.4 is 29.8 Å². The van der Waals surface area contributed by atoms with Crippen LogP contribution in [0.15, 0.2) is 48.5 Å². The Bertz CT molecular complexity index is 2710. The van der Waals surface area contributed by atoms with Crippen molar-refractivity contribution in [3.8, 4) is 17.2 Å². The molecule has 3 aromatic carbocycles. The van der Waals surface area contributed by atoms with Crippen molar-refractivity contribution in [2.75, 3.05) is 231 Å². The number of methoxy groups -OCH3 is 2. The van der Waals surface area contributed by atoms with Crippen molar-refractivity contribution in [2.45, 2.75) is 65.7 Å². The van der Waals surface area contributed by atoms with Gasteiger partial charge in [0.05, 0.1) is 207 Å². The van der Waals surface area contributed by atoms with E-state index in [1.807, 2.05) is 18.4 Å². The van der Waals surface area contributed by atoms with Crippen LogP contribution in [-0.2, 0) is 92.5 Å². The van der Waals surface area contributed by atoms with Crippen LogP contribution in [0.1, 0.15) is 65.0 Å². The predicted molar refractivity (Wildman–Crippen MR) is 350 cm³/mol. The fourth-order valence-electron chi connectivity index (χ4n) is 9.13. The highest BCUT2D eigenvalue weighted by molar-refractivity contribution is 7.85. The number of hydrogen-bond acceptors (Lipinski definition) is 24. The van der Waals surface area contributed by atoms with Gasteiger partial charge in [-0.05, 0) is 74.2 Å². The number of esters is 1. The van der Waals surface area contributed by atoms with Crippen molar-refractivity contribution in [3.63, 3.8) is 0 Å². The van der Waals surface area contributed by atoms with Crippen molar-refractivity contribution in [3.05, 3.63) is 70.8 Å². The topological polar surface area (TPSA) is 306 Å². The Labute approximate surface area is 554 Å². The zero-order valence-electron chi connectivity index (χ0n) is 56.2. The molecule has 0 aliphatic heterocycles. The summed E-state index contributed by atoms with van der Waals surface area (Å²) in [6.07, 6.45) is 0.443. The van der Waals surface area contributed by atoms with Gasteiger partial charge in [-0.25, -0.2) is 4.79 Å². The van der Waals surface area contributed by atoms with Crippen LogP contribution in [0.4, 0.5) is 0 Å². The van der Waals surface area contributed by atoms with Crippen LogP contribution in [0.5, 0.6) is 17.2 Å². The summed E-state index contributed by atoms with van der Waals surface area (Å²) in [7, 11) is -1.16. The Morgan fingerprint density at radius 2 is 0.862 bits per heavy atom. The molecule has 1 heterocycles. The molecule has 0 radical (unpaired) electrons. The first-order valence-electron chi connectivity index (χ1n) is 32.4. The molecule has 0 saturated heterocycles. The molecule has 0 saturated carbocycles. The van der Waals surface area contributed by atoms with E-state index >= 15 is 4.79 Å². The molecule has 0 bridgehead atoms. The number of ether oxygens (including phenoxy) is 19. The predicted octanol–water partition coefficient (Wildman–Crippen LogP) is 4.92. The van der Waals surface area contributed by atoms with Crippen LogP contribution >= 0.6 is 0 Å². The third-order valence-electron chi connectivity index (χ3n) is 13.5. The Morgan fingerprint density at radius 3 is 1.23 bits per heavy atom. The van der Waals surface area contributed by atoms with Gasteiger partial charge in [0.2, 0.25) is 11.0 Å². The minimum Gasteiger partial charge on any atom is -0.486 e. The molecular weight excluding hydrogens is 1250 g/mol. The van der Waals surface area contributed by atoms with E-state index in [-0.39, 0.29) is 109 Å². The van der Waals surface area contributed by atoms with Crippen LogP contribution in [0.25, 0.3) is 21.8 Å². The molecule has 4 rings (SSSR count). The number of rotatable bonds is 61. The first kappa shape index (κ1) is 81.5. The maximum absolute atomic E-state index is 15.5. The fraction of sp³-hybridized carbons (Fsp3) is 0.682. The van der Waals surface area contributed by atoms with Crippen molar-refractivity contribution in [2.24, 2.45) is 5.73 Å². The second kappa shape index (κ2) is 51.3. The number of aromatic nitrogens is 1. The molecule has 94 heavy (non-hydrogen) atoms. The van der Waals surface area contributed by atoms with E-state index in [4.69, 9.17) is 95.7 Å². The second-order valence-corrected chi connectivity index (χ2v) is 22.9. The number of fused-ring (bicyclic) bond motifs is 2. The third-order valence-corrected chi connectivity index (χ3v) is 14.3. The highest BCUT2D eigenvalue weighted by Crippen LogP contribution is 2.34. The number of carbonyl (C=O) groups excluding carboxylic acids is 2. The van der Waals surface area contributed by atoms with Crippen LogP contribution in [0.3, 0.4) is 0 Å². The number of pyridine rings is 1. The maximum Gasteiger partial charge on any atom is 0.345 e. The summed E-state index contributed by atoms with van der Waals surface area (Å²) in [5, 5.41) is 3.58. The molecule has 4 N–H and O–H groups in total. The zero-order valence-corrected chi connectivity index (χ0v) is 57.0. The molecule has 28 heteroatoms. The molecule has 1 aromatic heterocycles. The number of amides is 1. The summed E-state index contributed by atoms with van der Waals surface area (Å²) in [6.45, 7) is 18.7. The number of nitrogens with two attached hydrogens (primary N) is 1. The van der Waals surface area contributed by atoms with Crippen LogP contribution in [0, 0.1) is 13.8 Å². The summed E-state index contributed by atoms with van der Waals surface area (Å²) >= 11 is 0. The van der Waals surface area contributed by atoms with Gasteiger partial charge in [0, 0.05) is 64.6 Å². The normalized spacial score (nSPS) is 11.9. The van der Waals surface area contributed by atoms with E-state index < -0.39 is 34.0 Å². The SMILES string of the molecule is CCCOCCOCCOCC(COCCOCCOCCC)Oc1ccc2c(c1)c(C(=O)Oc1c(C)cc(C(=O)NCCOCCOCCN)cc1C)c1cc(OC(COCCOCCOCCOC)COCCOCCOCCOC)ccc1[n+]2CCCS(=O)(=O)O. The van der Waals surface area contributed by atoms with Gasteiger partial charge in [0.1, 0.15) is 29.5 Å². The zero-order chi connectivity index (χ0) is 67.7. The number of hydrogen-bond donors (Lipinski definition) is 3. The minimum atomic E-state index is -4.37. The van der Waals surface area contributed by atoms with E-state index in [1.165, 1.54) is 0 Å². The Morgan fingerprint density at radius 1 is 0.500 bits per heavy atom. The molecule has 1 amide bonds. The number of aryl methyl sites for hydroxylation is 3. The van der Waals surface area contributed by atoms with Gasteiger partial charge in [-0.2, -0.15) is 13.0 Å².